The first-order valence-corrected chi connectivity index (χ1v) is 14.1. The topological polar surface area (TPSA) is 192 Å². The maximum Gasteiger partial charge on any atom is 2.00 e. The minimum Gasteiger partial charge on any atom is -0.632 e. The number of imidazole rings is 2. The molecule has 2 heterocycles. The minimum absolute atomic E-state index is 0. The molecule has 0 aliphatic heterocycles. The van der Waals surface area contributed by atoms with E-state index in [4.69, 9.17) is 11.5 Å². The van der Waals surface area contributed by atoms with Crippen LogP contribution in [0.3, 0.4) is 0 Å². The van der Waals surface area contributed by atoms with Crippen LogP contribution in [0, 0.1) is 13.1 Å². The number of ether oxygens (including phenoxy) is 2. The van der Waals surface area contributed by atoms with Crippen molar-refractivity contribution in [2.75, 3.05) is 14.2 Å². The fourth-order valence-electron chi connectivity index (χ4n) is 3.70. The summed E-state index contributed by atoms with van der Waals surface area (Å²) in [7, 11) is 2.09. The molecule has 2 unspecified atom stereocenters. The number of nitrogens with one attached hydrogen (secondary N) is 4. The average molecular weight is 805 g/mol. The van der Waals surface area contributed by atoms with Crippen molar-refractivity contribution in [3.63, 3.8) is 0 Å². The van der Waals surface area contributed by atoms with Gasteiger partial charge >= 0.3 is 37.1 Å². The smallest absolute Gasteiger partial charge is 0.632 e. The molecule has 3 aromatic carbocycles. The first-order chi connectivity index (χ1) is 20.7. The van der Waals surface area contributed by atoms with Gasteiger partial charge in [-0.25, -0.2) is 25.6 Å². The van der Waals surface area contributed by atoms with E-state index < -0.39 is 12.2 Å². The van der Waals surface area contributed by atoms with E-state index in [1.54, 1.807) is 6.20 Å². The molecule has 231 valence electrons. The number of methoxy groups -OCH3 is 2. The van der Waals surface area contributed by atoms with Crippen LogP contribution in [0.2, 0.25) is 0 Å². The molecule has 3 radical (unpaired) electrons. The zero-order valence-electron chi connectivity index (χ0n) is 24.3. The molecule has 46 heavy (non-hydrogen) atoms. The Labute approximate surface area is 317 Å². The molecule has 2 atom stereocenters. The number of fused-ring (bicyclic) bond motifs is 1. The quantitative estimate of drug-likeness (QED) is 0.157. The van der Waals surface area contributed by atoms with Crippen LogP contribution >= 0.6 is 17.2 Å². The third kappa shape index (κ3) is 12.8. The van der Waals surface area contributed by atoms with Gasteiger partial charge in [0.2, 0.25) is 12.2 Å². The summed E-state index contributed by atoms with van der Waals surface area (Å²) < 4.78 is 7.56. The van der Waals surface area contributed by atoms with Crippen molar-refractivity contribution in [1.29, 1.82) is 0 Å². The molecule has 0 fully saturated rings. The van der Waals surface area contributed by atoms with Gasteiger partial charge in [-0.1, -0.05) is 59.7 Å². The minimum atomic E-state index is -0.995. The second-order valence-corrected chi connectivity index (χ2v) is 10.2. The van der Waals surface area contributed by atoms with Gasteiger partial charge in [-0.2, -0.15) is 27.1 Å². The fourth-order valence-corrected chi connectivity index (χ4v) is 4.52. The standard InChI is InChI=1S/C25H16N4O2P2.2C2H5NO2.2V.Y/c1-15-8-20-9-18(6-7-19(20)10-21(15)23-12-27-25(29-23)33-14-31)16-2-4-17(5-3-16)22-11-26-24(28-22)32-13-30;2*1-5-2(3)4;;;/h2-11,32-33H,1H2,(H,26,28)(H,27,29);2*1H3,(H2,3,4);;;/q-4;;;2*+2;/p-2. The Morgan fingerprint density at radius 3 is 1.93 bits per heavy atom. The Kier molecular flexibility index (Phi) is 20.6. The second kappa shape index (κ2) is 21.9. The summed E-state index contributed by atoms with van der Waals surface area (Å²) in [6.45, 7) is 4.19. The molecule has 0 aliphatic carbocycles. The van der Waals surface area contributed by atoms with E-state index in [-0.39, 0.29) is 87.0 Å². The monoisotopic (exact) mass is 805 g/mol. The number of aromatic amines is 2. The molecule has 2 aromatic heterocycles. The molecule has 0 saturated heterocycles. The van der Waals surface area contributed by atoms with Crippen molar-refractivity contribution >= 4 is 63.3 Å². The van der Waals surface area contributed by atoms with Crippen molar-refractivity contribution in [2.24, 2.45) is 0 Å². The summed E-state index contributed by atoms with van der Waals surface area (Å²) in [5.74, 6) is 0. The molecule has 12 nitrogen and oxygen atoms in total. The van der Waals surface area contributed by atoms with E-state index in [1.165, 1.54) is 0 Å². The molecular formula is C29H24N6O6P2V2Y-2. The van der Waals surface area contributed by atoms with Crippen molar-refractivity contribution in [2.45, 2.75) is 0 Å². The Balaban J connectivity index is 0.00000137. The van der Waals surface area contributed by atoms with Crippen LogP contribution in [0.15, 0.2) is 60.8 Å². The summed E-state index contributed by atoms with van der Waals surface area (Å²) in [6, 6.07) is 22.3. The van der Waals surface area contributed by atoms with Crippen LogP contribution in [0.5, 0.6) is 0 Å². The van der Waals surface area contributed by atoms with Crippen LogP contribution in [0.4, 0.5) is 9.59 Å². The maximum absolute atomic E-state index is 10.6. The number of hydrogen-bond donors (Lipinski definition) is 2. The van der Waals surface area contributed by atoms with Gasteiger partial charge in [-0.15, -0.1) is 11.6 Å². The second-order valence-electron chi connectivity index (χ2n) is 8.30. The number of benzene rings is 3. The molecule has 5 aromatic rings. The predicted molar refractivity (Wildman–Crippen MR) is 169 cm³/mol. The van der Waals surface area contributed by atoms with E-state index in [1.807, 2.05) is 30.3 Å². The molecule has 2 amide bonds. The SMILES string of the molecule is COC([NH-])=O.COC([NH-])=O.[CH2-]c1cc2cc(-c3ccc(-c4cnc(P[C-]=O)[nH]4)cc3)ccc2cc1-c1[c-]nc(P[C-]=O)[nH]1.[V+2].[V+2].[Y]. The molecule has 5 rings (SSSR count). The number of rotatable bonds is 7. The summed E-state index contributed by atoms with van der Waals surface area (Å²) in [4.78, 5) is 54.3. The zero-order chi connectivity index (χ0) is 31.4. The van der Waals surface area contributed by atoms with Gasteiger partial charge in [0, 0.05) is 32.7 Å². The molecule has 0 aliphatic rings. The van der Waals surface area contributed by atoms with E-state index in [0.717, 1.165) is 58.5 Å². The zero-order valence-corrected chi connectivity index (χ0v) is 31.9. The van der Waals surface area contributed by atoms with E-state index in [9.17, 15) is 19.2 Å². The summed E-state index contributed by atoms with van der Waals surface area (Å²) in [5, 5.41) is 2.15. The van der Waals surface area contributed by atoms with Gasteiger partial charge in [0.05, 0.1) is 31.7 Å². The van der Waals surface area contributed by atoms with Gasteiger partial charge in [0.1, 0.15) is 0 Å². The number of hydrogen-bond acceptors (Lipinski definition) is 8. The largest absolute Gasteiger partial charge is 2.00 e. The first kappa shape index (κ1) is 43.2. The molecule has 0 saturated carbocycles. The molecular weight excluding hydrogens is 781 g/mol. The van der Waals surface area contributed by atoms with Crippen molar-refractivity contribution in [1.82, 2.24) is 19.9 Å². The van der Waals surface area contributed by atoms with Crippen LogP contribution in [-0.4, -0.2) is 58.4 Å². The molecule has 4 N–H and O–H groups in total. The molecule has 17 heteroatoms. The predicted octanol–water partition coefficient (Wildman–Crippen LogP) is 5.61. The van der Waals surface area contributed by atoms with Crippen molar-refractivity contribution in [3.8, 4) is 33.6 Å². The maximum atomic E-state index is 10.6. The van der Waals surface area contributed by atoms with E-state index in [2.05, 4.69) is 78.9 Å². The van der Waals surface area contributed by atoms with Crippen LogP contribution in [-0.2, 0) is 88.9 Å². The van der Waals surface area contributed by atoms with Crippen LogP contribution < -0.4 is 11.1 Å². The third-order valence-corrected chi connectivity index (χ3v) is 6.84. The van der Waals surface area contributed by atoms with Crippen molar-refractivity contribution in [3.05, 3.63) is 90.9 Å². The number of carbonyl (C=O) groups is 2. The summed E-state index contributed by atoms with van der Waals surface area (Å²) in [5.41, 5.74) is 19.7. The number of amides is 2. The third-order valence-electron chi connectivity index (χ3n) is 5.67. The number of carbonyl (C=O) groups excluding carboxylic acids is 4. The fraction of sp³-hybridized carbons (Fsp3) is 0.0690. The number of H-pyrrole nitrogens is 2. The Morgan fingerprint density at radius 1 is 0.826 bits per heavy atom. The van der Waals surface area contributed by atoms with E-state index >= 15 is 0 Å². The van der Waals surface area contributed by atoms with Gasteiger partial charge in [0.15, 0.2) is 0 Å². The Morgan fingerprint density at radius 2 is 1.37 bits per heavy atom. The van der Waals surface area contributed by atoms with Crippen LogP contribution in [0.1, 0.15) is 5.56 Å². The van der Waals surface area contributed by atoms with Gasteiger partial charge in [-0.05, 0) is 27.6 Å². The van der Waals surface area contributed by atoms with Gasteiger partial charge in [-0.3, -0.25) is 9.59 Å². The first-order valence-electron chi connectivity index (χ1n) is 12.1. The van der Waals surface area contributed by atoms with Gasteiger partial charge < -0.3 is 45.5 Å². The average Bonchev–Trinajstić information content (AvgIpc) is 3.68. The summed E-state index contributed by atoms with van der Waals surface area (Å²) in [6.07, 6.45) is 2.68. The summed E-state index contributed by atoms with van der Waals surface area (Å²) >= 11 is 0. The normalized spacial score (nSPS) is 9.87. The van der Waals surface area contributed by atoms with Gasteiger partial charge in [0.25, 0.3) is 0 Å². The molecule has 0 spiro atoms. The number of aromatic nitrogens is 4. The number of nitrogens with zero attached hydrogens (tertiary/aromatic N) is 2. The van der Waals surface area contributed by atoms with Crippen molar-refractivity contribution < 1.29 is 98.5 Å². The Bertz CT molecular complexity index is 1720. The molecule has 0 bridgehead atoms. The Hall–Kier alpha value is -2.78. The van der Waals surface area contributed by atoms with E-state index in [0.29, 0.717) is 16.8 Å². The van der Waals surface area contributed by atoms with Crippen LogP contribution in [0.25, 0.3) is 55.9 Å².